The van der Waals surface area contributed by atoms with E-state index in [1.54, 1.807) is 0 Å². The molecule has 1 aromatic carbocycles. The summed E-state index contributed by atoms with van der Waals surface area (Å²) in [6.45, 7) is 0. The highest BCUT2D eigenvalue weighted by Crippen LogP contribution is 2.36. The summed E-state index contributed by atoms with van der Waals surface area (Å²) in [6, 6.07) is 4.05. The summed E-state index contributed by atoms with van der Waals surface area (Å²) in [7, 11) is 0. The van der Waals surface area contributed by atoms with Gasteiger partial charge in [-0.05, 0) is 52.9 Å². The van der Waals surface area contributed by atoms with Crippen molar-refractivity contribution in [2.24, 2.45) is 0 Å². The Kier molecular flexibility index (Phi) is 3.66. The molecule has 2 aromatic rings. The van der Waals surface area contributed by atoms with Crippen molar-refractivity contribution in [3.05, 3.63) is 32.3 Å². The molecule has 2 nitrogen and oxygen atoms in total. The van der Waals surface area contributed by atoms with Gasteiger partial charge in [-0.25, -0.2) is 0 Å². The first-order valence-corrected chi connectivity index (χ1v) is 6.81. The average Bonchev–Trinajstić information content (AvgIpc) is 2.68. The maximum Gasteiger partial charge on any atom is 0.0868 e. The van der Waals surface area contributed by atoms with Crippen molar-refractivity contribution in [2.75, 3.05) is 5.73 Å². The van der Waals surface area contributed by atoms with E-state index in [4.69, 9.17) is 10.7 Å². The molecule has 0 bridgehead atoms. The van der Waals surface area contributed by atoms with Gasteiger partial charge in [-0.3, -0.25) is 4.98 Å². The molecule has 1 aliphatic rings. The summed E-state index contributed by atoms with van der Waals surface area (Å²) in [5, 5.41) is 1.04. The Bertz CT molecular complexity index is 599. The van der Waals surface area contributed by atoms with Gasteiger partial charge in [0.05, 0.1) is 5.52 Å². The van der Waals surface area contributed by atoms with E-state index in [9.17, 15) is 0 Å². The molecule has 0 radical (unpaired) electrons. The van der Waals surface area contributed by atoms with Crippen molar-refractivity contribution in [1.29, 1.82) is 0 Å². The zero-order chi connectivity index (χ0) is 11.3. The fourth-order valence-corrected chi connectivity index (χ4v) is 3.64. The van der Waals surface area contributed by atoms with E-state index >= 15 is 0 Å². The molecule has 0 aliphatic heterocycles. The van der Waals surface area contributed by atoms with Crippen LogP contribution in [0.25, 0.3) is 10.9 Å². The van der Waals surface area contributed by atoms with Crippen molar-refractivity contribution >= 4 is 60.9 Å². The summed E-state index contributed by atoms with van der Waals surface area (Å²) in [5.74, 6) is 0. The number of nitrogen functional groups attached to an aromatic ring is 1. The van der Waals surface area contributed by atoms with Gasteiger partial charge < -0.3 is 5.73 Å². The number of fused-ring (bicyclic) bond motifs is 2. The van der Waals surface area contributed by atoms with Crippen LogP contribution >= 0.6 is 44.3 Å². The largest absolute Gasteiger partial charge is 0.398 e. The SMILES string of the molecule is Cl.Nc1c2c(nc3c(Br)cc(Br)cc13)CCC2. The third-order valence-corrected chi connectivity index (χ3v) is 4.14. The highest BCUT2D eigenvalue weighted by atomic mass is 79.9. The molecule has 1 heterocycles. The Morgan fingerprint density at radius 2 is 1.94 bits per heavy atom. The van der Waals surface area contributed by atoms with Crippen LogP contribution in [0.3, 0.4) is 0 Å². The first-order valence-electron chi connectivity index (χ1n) is 5.23. The number of aromatic nitrogens is 1. The lowest BCUT2D eigenvalue weighted by atomic mass is 10.1. The molecule has 0 amide bonds. The molecule has 5 heteroatoms. The third-order valence-electron chi connectivity index (χ3n) is 3.08. The maximum absolute atomic E-state index is 6.23. The highest BCUT2D eigenvalue weighted by molar-refractivity contribution is 9.11. The van der Waals surface area contributed by atoms with Crippen LogP contribution in [0.4, 0.5) is 5.69 Å². The number of rotatable bonds is 0. The molecule has 3 rings (SSSR count). The summed E-state index contributed by atoms with van der Waals surface area (Å²) in [6.07, 6.45) is 3.29. The van der Waals surface area contributed by atoms with Crippen molar-refractivity contribution in [2.45, 2.75) is 19.3 Å². The number of aryl methyl sites for hydroxylation is 1. The van der Waals surface area contributed by atoms with E-state index in [0.29, 0.717) is 0 Å². The van der Waals surface area contributed by atoms with Crippen molar-refractivity contribution < 1.29 is 0 Å². The number of hydrogen-bond donors (Lipinski definition) is 1. The first-order chi connectivity index (χ1) is 7.66. The smallest absolute Gasteiger partial charge is 0.0868 e. The fraction of sp³-hybridized carbons (Fsp3) is 0.250. The number of anilines is 1. The minimum absolute atomic E-state index is 0. The Morgan fingerprint density at radius 1 is 1.18 bits per heavy atom. The Morgan fingerprint density at radius 3 is 2.71 bits per heavy atom. The zero-order valence-corrected chi connectivity index (χ0v) is 13.0. The second-order valence-corrected chi connectivity index (χ2v) is 5.86. The number of nitrogens with zero attached hydrogens (tertiary/aromatic N) is 1. The molecule has 1 aliphatic carbocycles. The van der Waals surface area contributed by atoms with E-state index in [-0.39, 0.29) is 12.4 Å². The van der Waals surface area contributed by atoms with Crippen LogP contribution in [0.15, 0.2) is 21.1 Å². The third kappa shape index (κ3) is 2.07. The van der Waals surface area contributed by atoms with E-state index in [1.165, 1.54) is 17.7 Å². The molecule has 2 N–H and O–H groups in total. The molecule has 0 fully saturated rings. The van der Waals surface area contributed by atoms with Crippen LogP contribution in [-0.2, 0) is 12.8 Å². The second kappa shape index (κ2) is 4.75. The topological polar surface area (TPSA) is 38.9 Å². The maximum atomic E-state index is 6.23. The van der Waals surface area contributed by atoms with Crippen molar-refractivity contribution in [3.63, 3.8) is 0 Å². The van der Waals surface area contributed by atoms with E-state index in [0.717, 1.165) is 38.4 Å². The van der Waals surface area contributed by atoms with Crippen molar-refractivity contribution in [1.82, 2.24) is 4.98 Å². The lowest BCUT2D eigenvalue weighted by molar-refractivity contribution is 0.901. The standard InChI is InChI=1S/C12H10Br2N2.ClH/c13-6-4-8-11(15)7-2-1-3-10(7)16-12(8)9(14)5-6;/h4-5H,1-3H2,(H2,15,16);1H. The highest BCUT2D eigenvalue weighted by Gasteiger charge is 2.18. The lowest BCUT2D eigenvalue weighted by Crippen LogP contribution is -1.98. The van der Waals surface area contributed by atoms with E-state index in [1.807, 2.05) is 12.1 Å². The van der Waals surface area contributed by atoms with Crippen LogP contribution in [0, 0.1) is 0 Å². The normalized spacial score (nSPS) is 13.5. The second-order valence-electron chi connectivity index (χ2n) is 4.09. The van der Waals surface area contributed by atoms with Gasteiger partial charge >= 0.3 is 0 Å². The summed E-state index contributed by atoms with van der Waals surface area (Å²) in [5.41, 5.74) is 10.5. The van der Waals surface area contributed by atoms with Gasteiger partial charge in [-0.15, -0.1) is 12.4 Å². The summed E-state index contributed by atoms with van der Waals surface area (Å²) < 4.78 is 2.02. The molecule has 1 aromatic heterocycles. The monoisotopic (exact) mass is 376 g/mol. The Labute approximate surface area is 123 Å². The molecule has 0 atom stereocenters. The van der Waals surface area contributed by atoms with Gasteiger partial charge in [-0.1, -0.05) is 15.9 Å². The molecule has 0 spiro atoms. The lowest BCUT2D eigenvalue weighted by Gasteiger charge is -2.09. The number of hydrogen-bond acceptors (Lipinski definition) is 2. The number of nitrogens with two attached hydrogens (primary N) is 1. The minimum atomic E-state index is 0. The van der Waals surface area contributed by atoms with Gasteiger partial charge in [0.15, 0.2) is 0 Å². The Hall–Kier alpha value is -0.320. The number of benzene rings is 1. The molecular weight excluding hydrogens is 367 g/mol. The number of halogens is 3. The van der Waals surface area contributed by atoms with Crippen LogP contribution in [0.5, 0.6) is 0 Å². The van der Waals surface area contributed by atoms with Crippen LogP contribution in [-0.4, -0.2) is 4.98 Å². The summed E-state index contributed by atoms with van der Waals surface area (Å²) in [4.78, 5) is 4.71. The van der Waals surface area contributed by atoms with E-state index in [2.05, 4.69) is 31.9 Å². The van der Waals surface area contributed by atoms with Crippen LogP contribution in [0.1, 0.15) is 17.7 Å². The van der Waals surface area contributed by atoms with Crippen molar-refractivity contribution in [3.8, 4) is 0 Å². The molecule has 90 valence electrons. The number of pyridine rings is 1. The van der Waals surface area contributed by atoms with Crippen LogP contribution in [0.2, 0.25) is 0 Å². The molecular formula is C12H11Br2ClN2. The average molecular weight is 378 g/mol. The first kappa shape index (κ1) is 13.1. The van der Waals surface area contributed by atoms with E-state index < -0.39 is 0 Å². The predicted octanol–water partition coefficient (Wildman–Crippen LogP) is 4.25. The molecule has 0 unspecified atom stereocenters. The fourth-order valence-electron chi connectivity index (χ4n) is 2.32. The van der Waals surface area contributed by atoms with Gasteiger partial charge in [0.1, 0.15) is 0 Å². The predicted molar refractivity (Wildman–Crippen MR) is 80.8 cm³/mol. The zero-order valence-electron chi connectivity index (χ0n) is 8.96. The van der Waals surface area contributed by atoms with Gasteiger partial charge in [-0.2, -0.15) is 0 Å². The molecule has 0 saturated carbocycles. The molecule has 17 heavy (non-hydrogen) atoms. The summed E-state index contributed by atoms with van der Waals surface area (Å²) >= 11 is 7.03. The van der Waals surface area contributed by atoms with Crippen LogP contribution < -0.4 is 5.73 Å². The van der Waals surface area contributed by atoms with Gasteiger partial charge in [0, 0.05) is 25.7 Å². The van der Waals surface area contributed by atoms with Gasteiger partial charge in [0.2, 0.25) is 0 Å². The minimum Gasteiger partial charge on any atom is -0.398 e. The van der Waals surface area contributed by atoms with Gasteiger partial charge in [0.25, 0.3) is 0 Å². The molecule has 0 saturated heterocycles. The Balaban J connectivity index is 0.00000108. The quantitative estimate of drug-likeness (QED) is 0.744.